The van der Waals surface area contributed by atoms with E-state index in [-0.39, 0.29) is 6.09 Å². The van der Waals surface area contributed by atoms with Crippen LogP contribution in [0.2, 0.25) is 0 Å². The molecule has 0 radical (unpaired) electrons. The Kier molecular flexibility index (Phi) is 6.41. The second-order valence-electron chi connectivity index (χ2n) is 7.62. The van der Waals surface area contributed by atoms with Gasteiger partial charge in [-0.3, -0.25) is 4.98 Å². The van der Waals surface area contributed by atoms with E-state index in [9.17, 15) is 4.79 Å². The van der Waals surface area contributed by atoms with Crippen LogP contribution in [0.25, 0.3) is 6.08 Å². The maximum Gasteiger partial charge on any atom is 0.410 e. The number of hydrogen-bond donors (Lipinski definition) is 0. The summed E-state index contributed by atoms with van der Waals surface area (Å²) in [6.07, 6.45) is 10.5. The fourth-order valence-corrected chi connectivity index (χ4v) is 2.95. The lowest BCUT2D eigenvalue weighted by Crippen LogP contribution is -2.41. The van der Waals surface area contributed by atoms with E-state index in [1.54, 1.807) is 0 Å². The highest BCUT2D eigenvalue weighted by molar-refractivity contribution is 5.68. The standard InChI is InChI=1S/C20H30N2O2/c1-16-15-18(9-12-21-16)8-6-5-7-17-10-13-22(14-11-17)19(23)24-20(2,3)4/h6,8-9,12,15,17H,5,7,10-11,13-14H2,1-4H3/b8-6-. The predicted molar refractivity (Wildman–Crippen MR) is 97.8 cm³/mol. The molecular formula is C20H30N2O2. The molecule has 1 saturated heterocycles. The molecule has 0 spiro atoms. The third-order valence-electron chi connectivity index (χ3n) is 4.24. The molecule has 4 nitrogen and oxygen atoms in total. The van der Waals surface area contributed by atoms with Crippen molar-refractivity contribution in [2.24, 2.45) is 5.92 Å². The van der Waals surface area contributed by atoms with Crippen LogP contribution in [0.1, 0.15) is 57.7 Å². The summed E-state index contributed by atoms with van der Waals surface area (Å²) in [4.78, 5) is 18.1. The Morgan fingerprint density at radius 1 is 1.38 bits per heavy atom. The Balaban J connectivity index is 1.69. The maximum absolute atomic E-state index is 12.1. The number of allylic oxidation sites excluding steroid dienone is 1. The van der Waals surface area contributed by atoms with Crippen molar-refractivity contribution < 1.29 is 9.53 Å². The van der Waals surface area contributed by atoms with Gasteiger partial charge in [0.25, 0.3) is 0 Å². The Morgan fingerprint density at radius 3 is 2.71 bits per heavy atom. The quantitative estimate of drug-likeness (QED) is 0.794. The van der Waals surface area contributed by atoms with Crippen molar-refractivity contribution >= 4 is 12.2 Å². The molecule has 0 unspecified atom stereocenters. The Labute approximate surface area is 145 Å². The molecule has 0 N–H and O–H groups in total. The number of aryl methyl sites for hydroxylation is 1. The van der Waals surface area contributed by atoms with E-state index in [4.69, 9.17) is 4.74 Å². The van der Waals surface area contributed by atoms with E-state index in [2.05, 4.69) is 23.2 Å². The van der Waals surface area contributed by atoms with Crippen LogP contribution in [0.3, 0.4) is 0 Å². The minimum Gasteiger partial charge on any atom is -0.444 e. The van der Waals surface area contributed by atoms with E-state index in [0.717, 1.165) is 38.0 Å². The van der Waals surface area contributed by atoms with E-state index >= 15 is 0 Å². The number of aromatic nitrogens is 1. The molecule has 1 aliphatic heterocycles. The van der Waals surface area contributed by atoms with Crippen molar-refractivity contribution in [3.63, 3.8) is 0 Å². The highest BCUT2D eigenvalue weighted by Gasteiger charge is 2.26. The first kappa shape index (κ1) is 18.5. The molecule has 2 heterocycles. The Bertz CT molecular complexity index is 567. The number of ether oxygens (including phenoxy) is 1. The van der Waals surface area contributed by atoms with Crippen molar-refractivity contribution in [2.45, 2.75) is 59.0 Å². The fourth-order valence-electron chi connectivity index (χ4n) is 2.95. The Morgan fingerprint density at radius 2 is 2.08 bits per heavy atom. The molecule has 1 aliphatic rings. The van der Waals surface area contributed by atoms with Crippen molar-refractivity contribution in [1.82, 2.24) is 9.88 Å². The van der Waals surface area contributed by atoms with Crippen molar-refractivity contribution in [3.05, 3.63) is 35.7 Å². The zero-order valence-corrected chi connectivity index (χ0v) is 15.4. The van der Waals surface area contributed by atoms with Gasteiger partial charge in [-0.15, -0.1) is 0 Å². The van der Waals surface area contributed by atoms with Gasteiger partial charge in [-0.1, -0.05) is 12.2 Å². The number of carbonyl (C=O) groups excluding carboxylic acids is 1. The summed E-state index contributed by atoms with van der Waals surface area (Å²) in [6.45, 7) is 9.37. The predicted octanol–water partition coefficient (Wildman–Crippen LogP) is 4.83. The lowest BCUT2D eigenvalue weighted by Gasteiger charge is -2.33. The smallest absolute Gasteiger partial charge is 0.410 e. The molecule has 0 aromatic carbocycles. The molecule has 0 bridgehead atoms. The lowest BCUT2D eigenvalue weighted by atomic mass is 9.92. The summed E-state index contributed by atoms with van der Waals surface area (Å²) >= 11 is 0. The van der Waals surface area contributed by atoms with Gasteiger partial charge in [0.2, 0.25) is 0 Å². The van der Waals surface area contributed by atoms with Crippen LogP contribution in [0.4, 0.5) is 4.79 Å². The number of rotatable bonds is 4. The normalized spacial score (nSPS) is 16.6. The third kappa shape index (κ3) is 6.34. The number of carbonyl (C=O) groups is 1. The molecule has 2 rings (SSSR count). The van der Waals surface area contributed by atoms with Gasteiger partial charge < -0.3 is 9.64 Å². The molecule has 24 heavy (non-hydrogen) atoms. The molecule has 1 fully saturated rings. The summed E-state index contributed by atoms with van der Waals surface area (Å²) in [5.41, 5.74) is 1.85. The zero-order chi connectivity index (χ0) is 17.6. The largest absolute Gasteiger partial charge is 0.444 e. The highest BCUT2D eigenvalue weighted by atomic mass is 16.6. The lowest BCUT2D eigenvalue weighted by molar-refractivity contribution is 0.0181. The molecule has 0 aliphatic carbocycles. The van der Waals surface area contributed by atoms with Gasteiger partial charge in [0.15, 0.2) is 0 Å². The number of piperidine rings is 1. The van der Waals surface area contributed by atoms with Crippen molar-refractivity contribution in [1.29, 1.82) is 0 Å². The highest BCUT2D eigenvalue weighted by Crippen LogP contribution is 2.23. The SMILES string of the molecule is Cc1cc(/C=C\CCC2CCN(C(=O)OC(C)(C)C)CC2)ccn1. The van der Waals surface area contributed by atoms with Crippen LogP contribution < -0.4 is 0 Å². The summed E-state index contributed by atoms with van der Waals surface area (Å²) in [5, 5.41) is 0. The van der Waals surface area contributed by atoms with Crippen molar-refractivity contribution in [2.75, 3.05) is 13.1 Å². The molecule has 1 amide bonds. The van der Waals surface area contributed by atoms with Crippen LogP contribution in [-0.4, -0.2) is 34.7 Å². The molecule has 132 valence electrons. The van der Waals surface area contributed by atoms with Crippen LogP contribution in [0.15, 0.2) is 24.4 Å². The third-order valence-corrected chi connectivity index (χ3v) is 4.24. The molecule has 0 saturated carbocycles. The molecular weight excluding hydrogens is 300 g/mol. The maximum atomic E-state index is 12.1. The number of amides is 1. The van der Waals surface area contributed by atoms with Gasteiger partial charge >= 0.3 is 6.09 Å². The van der Waals surface area contributed by atoms with E-state index in [0.29, 0.717) is 5.92 Å². The first-order valence-electron chi connectivity index (χ1n) is 8.90. The van der Waals surface area contributed by atoms with Crippen LogP contribution in [0.5, 0.6) is 0 Å². The average molecular weight is 330 g/mol. The zero-order valence-electron chi connectivity index (χ0n) is 15.4. The fraction of sp³-hybridized carbons (Fsp3) is 0.600. The number of likely N-dealkylation sites (tertiary alicyclic amines) is 1. The van der Waals surface area contributed by atoms with E-state index < -0.39 is 5.60 Å². The first-order valence-corrected chi connectivity index (χ1v) is 8.90. The summed E-state index contributed by atoms with van der Waals surface area (Å²) in [6, 6.07) is 4.12. The van der Waals surface area contributed by atoms with Crippen LogP contribution in [-0.2, 0) is 4.74 Å². The molecule has 0 atom stereocenters. The van der Waals surface area contributed by atoms with Gasteiger partial charge in [0, 0.05) is 25.0 Å². The minimum absolute atomic E-state index is 0.172. The molecule has 4 heteroatoms. The van der Waals surface area contributed by atoms with Gasteiger partial charge in [-0.05, 0) is 77.0 Å². The Hall–Kier alpha value is -1.84. The van der Waals surface area contributed by atoms with Gasteiger partial charge in [-0.2, -0.15) is 0 Å². The monoisotopic (exact) mass is 330 g/mol. The van der Waals surface area contributed by atoms with Gasteiger partial charge in [-0.25, -0.2) is 4.79 Å². The average Bonchev–Trinajstić information content (AvgIpc) is 2.50. The van der Waals surface area contributed by atoms with Crippen LogP contribution >= 0.6 is 0 Å². The minimum atomic E-state index is -0.413. The number of nitrogens with zero attached hydrogens (tertiary/aromatic N) is 2. The van der Waals surface area contributed by atoms with Crippen molar-refractivity contribution in [3.8, 4) is 0 Å². The van der Waals surface area contributed by atoms with E-state index in [1.165, 1.54) is 12.0 Å². The second-order valence-corrected chi connectivity index (χ2v) is 7.62. The molecule has 1 aromatic heterocycles. The number of pyridine rings is 1. The molecule has 1 aromatic rings. The van der Waals surface area contributed by atoms with Crippen LogP contribution in [0, 0.1) is 12.8 Å². The number of hydrogen-bond acceptors (Lipinski definition) is 3. The second kappa shape index (κ2) is 8.32. The topological polar surface area (TPSA) is 42.4 Å². The van der Waals surface area contributed by atoms with Gasteiger partial charge in [0.1, 0.15) is 5.60 Å². The summed E-state index contributed by atoms with van der Waals surface area (Å²) in [7, 11) is 0. The van der Waals surface area contributed by atoms with E-state index in [1.807, 2.05) is 44.9 Å². The van der Waals surface area contributed by atoms with Gasteiger partial charge in [0.05, 0.1) is 0 Å². The summed E-state index contributed by atoms with van der Waals surface area (Å²) in [5.74, 6) is 0.701. The first-order chi connectivity index (χ1) is 11.3. The summed E-state index contributed by atoms with van der Waals surface area (Å²) < 4.78 is 5.44.